The van der Waals surface area contributed by atoms with E-state index >= 15 is 0 Å². The first-order valence-corrected chi connectivity index (χ1v) is 9.63. The molecular formula is C20H34O7. The van der Waals surface area contributed by atoms with Gasteiger partial charge in [0.15, 0.2) is 17.2 Å². The Kier molecular flexibility index (Phi) is 7.73. The van der Waals surface area contributed by atoms with Crippen molar-refractivity contribution in [3.05, 3.63) is 0 Å². The van der Waals surface area contributed by atoms with Crippen LogP contribution >= 0.6 is 0 Å². The fourth-order valence-electron chi connectivity index (χ4n) is 3.42. The van der Waals surface area contributed by atoms with Gasteiger partial charge in [0.05, 0.1) is 12.0 Å². The highest BCUT2D eigenvalue weighted by atomic mass is 16.6. The molecule has 1 aliphatic rings. The van der Waals surface area contributed by atoms with Crippen molar-refractivity contribution in [1.82, 2.24) is 0 Å². The second-order valence-electron chi connectivity index (χ2n) is 8.52. The molecule has 0 spiro atoms. The van der Waals surface area contributed by atoms with Crippen LogP contribution in [0.4, 0.5) is 0 Å². The second-order valence-corrected chi connectivity index (χ2v) is 8.52. The molecule has 1 aliphatic heterocycles. The zero-order chi connectivity index (χ0) is 21.2. The van der Waals surface area contributed by atoms with E-state index in [0.717, 1.165) is 0 Å². The summed E-state index contributed by atoms with van der Waals surface area (Å²) in [6.45, 7) is 9.34. The first kappa shape index (κ1) is 23.7. The molecule has 0 unspecified atom stereocenters. The Morgan fingerprint density at radius 2 is 1.56 bits per heavy atom. The van der Waals surface area contributed by atoms with Crippen LogP contribution in [0.3, 0.4) is 0 Å². The third-order valence-electron chi connectivity index (χ3n) is 5.92. The second kappa shape index (κ2) is 8.80. The Bertz CT molecular complexity index is 567. The van der Waals surface area contributed by atoms with Gasteiger partial charge in [-0.15, -0.1) is 0 Å². The van der Waals surface area contributed by atoms with E-state index in [4.69, 9.17) is 4.74 Å². The molecule has 1 saturated heterocycles. The molecule has 0 aromatic rings. The van der Waals surface area contributed by atoms with Gasteiger partial charge < -0.3 is 20.1 Å². The molecule has 0 aliphatic carbocycles. The number of carbonyl (C=O) groups excluding carboxylic acids is 3. The summed E-state index contributed by atoms with van der Waals surface area (Å²) in [5.41, 5.74) is -3.61. The highest BCUT2D eigenvalue weighted by molar-refractivity contribution is 5.89. The summed E-state index contributed by atoms with van der Waals surface area (Å²) >= 11 is 0. The summed E-state index contributed by atoms with van der Waals surface area (Å²) in [4.78, 5) is 37.6. The maximum absolute atomic E-state index is 12.6. The lowest BCUT2D eigenvalue weighted by atomic mass is 9.79. The van der Waals surface area contributed by atoms with E-state index in [1.165, 1.54) is 13.8 Å². The van der Waals surface area contributed by atoms with E-state index in [2.05, 4.69) is 0 Å². The molecule has 1 heterocycles. The molecule has 0 aromatic heterocycles. The lowest BCUT2D eigenvalue weighted by Crippen LogP contribution is -2.51. The molecule has 7 heteroatoms. The normalized spacial score (nSPS) is 43.1. The predicted octanol–water partition coefficient (Wildman–Crippen LogP) is 1.40. The number of aliphatic hydroxyl groups is 3. The van der Waals surface area contributed by atoms with Crippen molar-refractivity contribution in [3.8, 4) is 0 Å². The third kappa shape index (κ3) is 5.59. The van der Waals surface area contributed by atoms with Crippen molar-refractivity contribution in [2.45, 2.75) is 90.6 Å². The van der Waals surface area contributed by atoms with E-state index in [-0.39, 0.29) is 25.7 Å². The Hall–Kier alpha value is -1.31. The quantitative estimate of drug-likeness (QED) is 0.582. The summed E-state index contributed by atoms with van der Waals surface area (Å²) < 4.78 is 5.40. The third-order valence-corrected chi connectivity index (χ3v) is 5.92. The van der Waals surface area contributed by atoms with Gasteiger partial charge in [-0.1, -0.05) is 27.7 Å². The van der Waals surface area contributed by atoms with E-state index in [0.29, 0.717) is 0 Å². The van der Waals surface area contributed by atoms with Crippen molar-refractivity contribution < 1.29 is 34.4 Å². The van der Waals surface area contributed by atoms with E-state index < -0.39 is 58.7 Å². The van der Waals surface area contributed by atoms with Crippen LogP contribution in [0.5, 0.6) is 0 Å². The minimum Gasteiger partial charge on any atom is -0.459 e. The van der Waals surface area contributed by atoms with Gasteiger partial charge in [0, 0.05) is 12.8 Å². The van der Waals surface area contributed by atoms with Gasteiger partial charge in [-0.2, -0.15) is 0 Å². The number of ether oxygens (including phenoxy) is 1. The molecule has 1 rings (SSSR count). The maximum Gasteiger partial charge on any atom is 0.309 e. The predicted molar refractivity (Wildman–Crippen MR) is 98.8 cm³/mol. The maximum atomic E-state index is 12.6. The molecule has 3 N–H and O–H groups in total. The number of esters is 1. The Morgan fingerprint density at radius 1 is 1.00 bits per heavy atom. The highest BCUT2D eigenvalue weighted by Crippen LogP contribution is 2.30. The smallest absolute Gasteiger partial charge is 0.309 e. The number of Topliss-reactive ketones (excluding diaryl/α,β-unsaturated/α-hetero) is 2. The largest absolute Gasteiger partial charge is 0.459 e. The first-order valence-electron chi connectivity index (χ1n) is 9.63. The first-order chi connectivity index (χ1) is 12.2. The summed E-state index contributed by atoms with van der Waals surface area (Å²) in [6.07, 6.45) is -2.36. The summed E-state index contributed by atoms with van der Waals surface area (Å²) in [6, 6.07) is 0. The number of hydrogen-bond donors (Lipinski definition) is 3. The fourth-order valence-corrected chi connectivity index (χ4v) is 3.42. The number of hydrogen-bond acceptors (Lipinski definition) is 7. The number of ketones is 2. The van der Waals surface area contributed by atoms with Crippen molar-refractivity contribution in [2.24, 2.45) is 17.8 Å². The lowest BCUT2D eigenvalue weighted by Gasteiger charge is -2.35. The monoisotopic (exact) mass is 386 g/mol. The van der Waals surface area contributed by atoms with Crippen LogP contribution in [0.25, 0.3) is 0 Å². The van der Waals surface area contributed by atoms with Crippen LogP contribution < -0.4 is 0 Å². The van der Waals surface area contributed by atoms with Crippen molar-refractivity contribution >= 4 is 17.5 Å². The number of rotatable bonds is 1. The van der Waals surface area contributed by atoms with Crippen LogP contribution in [0.2, 0.25) is 0 Å². The van der Waals surface area contributed by atoms with Crippen LogP contribution in [0, 0.1) is 17.8 Å². The van der Waals surface area contributed by atoms with Gasteiger partial charge in [-0.3, -0.25) is 14.4 Å². The topological polar surface area (TPSA) is 121 Å². The summed E-state index contributed by atoms with van der Waals surface area (Å²) in [7, 11) is 0. The minimum absolute atomic E-state index is 0.0157. The summed E-state index contributed by atoms with van der Waals surface area (Å²) in [5.74, 6) is -3.25. The van der Waals surface area contributed by atoms with Crippen molar-refractivity contribution in [1.29, 1.82) is 0 Å². The van der Waals surface area contributed by atoms with Gasteiger partial charge in [0.1, 0.15) is 11.7 Å². The zero-order valence-corrected chi connectivity index (χ0v) is 17.2. The summed E-state index contributed by atoms with van der Waals surface area (Å²) in [5, 5.41) is 31.6. The average Bonchev–Trinajstić information content (AvgIpc) is 2.56. The lowest BCUT2D eigenvalue weighted by molar-refractivity contribution is -0.175. The molecule has 156 valence electrons. The SMILES string of the molecule is CC[C@H]1OC(=O)[C@H](C)[C@@H](C)CC(=O)[C@](C)(O)C[C@@H](C)[C@H](O)CC(=O)[C@]1(C)O. The molecule has 0 bridgehead atoms. The zero-order valence-electron chi connectivity index (χ0n) is 17.2. The van der Waals surface area contributed by atoms with Crippen LogP contribution in [0.1, 0.15) is 67.2 Å². The highest BCUT2D eigenvalue weighted by Gasteiger charge is 2.44. The van der Waals surface area contributed by atoms with Crippen LogP contribution in [-0.2, 0) is 19.1 Å². The number of cyclic esters (lactones) is 1. The van der Waals surface area contributed by atoms with E-state index in [1.54, 1.807) is 27.7 Å². The standard InChI is InChI=1S/C20H34O7/c1-7-17-20(6,26)16(23)9-14(21)12(3)10-19(5,25)15(22)8-11(2)13(4)18(24)27-17/h11-14,17,21,25-26H,7-10H2,1-6H3/t11-,12+,13+,14+,17+,19+,20-/m0/s1. The molecule has 0 radical (unpaired) electrons. The van der Waals surface area contributed by atoms with E-state index in [1.807, 2.05) is 0 Å². The fraction of sp³-hybridized carbons (Fsp3) is 0.850. The van der Waals surface area contributed by atoms with Crippen molar-refractivity contribution in [3.63, 3.8) is 0 Å². The molecule has 1 fully saturated rings. The molecule has 0 aromatic carbocycles. The van der Waals surface area contributed by atoms with Crippen LogP contribution in [-0.4, -0.2) is 56.3 Å². The van der Waals surface area contributed by atoms with Gasteiger partial charge in [-0.05, 0) is 38.5 Å². The average molecular weight is 386 g/mol. The molecule has 0 amide bonds. The molecular weight excluding hydrogens is 352 g/mol. The Labute approximate surface area is 161 Å². The molecule has 0 saturated carbocycles. The minimum atomic E-state index is -1.93. The van der Waals surface area contributed by atoms with Gasteiger partial charge in [-0.25, -0.2) is 0 Å². The van der Waals surface area contributed by atoms with E-state index in [9.17, 15) is 29.7 Å². The van der Waals surface area contributed by atoms with Gasteiger partial charge >= 0.3 is 5.97 Å². The van der Waals surface area contributed by atoms with Gasteiger partial charge in [0.2, 0.25) is 0 Å². The van der Waals surface area contributed by atoms with Crippen LogP contribution in [0.15, 0.2) is 0 Å². The van der Waals surface area contributed by atoms with Gasteiger partial charge in [0.25, 0.3) is 0 Å². The Balaban J connectivity index is 3.25. The number of carbonyl (C=O) groups is 3. The molecule has 27 heavy (non-hydrogen) atoms. The molecule has 7 atom stereocenters. The van der Waals surface area contributed by atoms with Crippen molar-refractivity contribution in [2.75, 3.05) is 0 Å². The Morgan fingerprint density at radius 3 is 2.07 bits per heavy atom. The molecule has 7 nitrogen and oxygen atoms in total. The number of aliphatic hydroxyl groups excluding tert-OH is 1.